The molecule has 0 aliphatic carbocycles. The van der Waals surface area contributed by atoms with Crippen LogP contribution in [0.1, 0.15) is 34.1 Å². The number of nitro groups is 1. The van der Waals surface area contributed by atoms with Crippen molar-refractivity contribution < 1.29 is 24.0 Å². The van der Waals surface area contributed by atoms with Crippen LogP contribution in [0.15, 0.2) is 77.7 Å². The minimum Gasteiger partial charge on any atom is -0.423 e. The van der Waals surface area contributed by atoms with Gasteiger partial charge in [0.25, 0.3) is 5.69 Å². The summed E-state index contributed by atoms with van der Waals surface area (Å²) >= 11 is 1.73. The molecular formula is C23H19NO6S. The SMILES string of the molecule is CCCSc1ccc(C(=O)Oc2ccc(OC(=O)c3ccc([N+](=O)[O-])cc3)cc2)cc1. The van der Waals surface area contributed by atoms with Crippen LogP contribution in [0, 0.1) is 10.1 Å². The van der Waals surface area contributed by atoms with Crippen molar-refractivity contribution >= 4 is 29.4 Å². The average molecular weight is 437 g/mol. The van der Waals surface area contributed by atoms with Gasteiger partial charge >= 0.3 is 11.9 Å². The molecule has 0 fully saturated rings. The molecule has 0 saturated carbocycles. The smallest absolute Gasteiger partial charge is 0.343 e. The summed E-state index contributed by atoms with van der Waals surface area (Å²) in [6.07, 6.45) is 1.08. The maximum atomic E-state index is 12.3. The van der Waals surface area contributed by atoms with E-state index >= 15 is 0 Å². The van der Waals surface area contributed by atoms with Crippen molar-refractivity contribution in [2.24, 2.45) is 0 Å². The first kappa shape index (κ1) is 22.0. The Morgan fingerprint density at radius 1 is 0.806 bits per heavy atom. The third-order valence-electron chi connectivity index (χ3n) is 4.12. The Hall–Kier alpha value is -3.65. The molecule has 0 bridgehead atoms. The zero-order valence-corrected chi connectivity index (χ0v) is 17.5. The Bertz CT molecular complexity index is 1060. The van der Waals surface area contributed by atoms with E-state index in [1.54, 1.807) is 23.9 Å². The molecule has 3 aromatic rings. The molecule has 0 radical (unpaired) electrons. The Morgan fingerprint density at radius 3 is 1.68 bits per heavy atom. The molecule has 0 atom stereocenters. The lowest BCUT2D eigenvalue weighted by atomic mass is 10.2. The third kappa shape index (κ3) is 6.16. The van der Waals surface area contributed by atoms with E-state index in [0.717, 1.165) is 17.1 Å². The van der Waals surface area contributed by atoms with E-state index < -0.39 is 16.9 Å². The Labute approximate surface area is 183 Å². The summed E-state index contributed by atoms with van der Waals surface area (Å²) in [6, 6.07) is 18.3. The van der Waals surface area contributed by atoms with Crippen LogP contribution in [0.25, 0.3) is 0 Å². The third-order valence-corrected chi connectivity index (χ3v) is 5.34. The zero-order chi connectivity index (χ0) is 22.2. The van der Waals surface area contributed by atoms with E-state index in [4.69, 9.17) is 9.47 Å². The molecule has 31 heavy (non-hydrogen) atoms. The van der Waals surface area contributed by atoms with E-state index in [0.29, 0.717) is 11.3 Å². The first-order chi connectivity index (χ1) is 15.0. The largest absolute Gasteiger partial charge is 0.423 e. The minimum absolute atomic E-state index is 0.114. The average Bonchev–Trinajstić information content (AvgIpc) is 2.79. The second-order valence-electron chi connectivity index (χ2n) is 6.43. The van der Waals surface area contributed by atoms with E-state index in [9.17, 15) is 19.7 Å². The Kier molecular flexibility index (Phi) is 7.40. The fourth-order valence-electron chi connectivity index (χ4n) is 2.53. The van der Waals surface area contributed by atoms with Gasteiger partial charge in [-0.05, 0) is 72.8 Å². The van der Waals surface area contributed by atoms with E-state index in [1.165, 1.54) is 48.5 Å². The second kappa shape index (κ2) is 10.4. The lowest BCUT2D eigenvalue weighted by Gasteiger charge is -2.07. The summed E-state index contributed by atoms with van der Waals surface area (Å²) in [4.78, 5) is 35.7. The number of hydrogen-bond donors (Lipinski definition) is 0. The fourth-order valence-corrected chi connectivity index (χ4v) is 3.30. The van der Waals surface area contributed by atoms with Crippen LogP contribution >= 0.6 is 11.8 Å². The normalized spacial score (nSPS) is 10.4. The van der Waals surface area contributed by atoms with Crippen molar-refractivity contribution in [2.45, 2.75) is 18.2 Å². The number of thioether (sulfide) groups is 1. The van der Waals surface area contributed by atoms with E-state index in [2.05, 4.69) is 6.92 Å². The highest BCUT2D eigenvalue weighted by Crippen LogP contribution is 2.22. The van der Waals surface area contributed by atoms with Gasteiger partial charge in [0, 0.05) is 17.0 Å². The number of carbonyl (C=O) groups is 2. The molecule has 0 unspecified atom stereocenters. The van der Waals surface area contributed by atoms with Crippen molar-refractivity contribution in [3.05, 3.63) is 94.0 Å². The number of carbonyl (C=O) groups excluding carboxylic acids is 2. The Morgan fingerprint density at radius 2 is 1.26 bits per heavy atom. The van der Waals surface area contributed by atoms with E-state index in [1.807, 2.05) is 12.1 Å². The van der Waals surface area contributed by atoms with Gasteiger partial charge in [0.15, 0.2) is 0 Å². The molecule has 0 heterocycles. The zero-order valence-electron chi connectivity index (χ0n) is 16.6. The summed E-state index contributed by atoms with van der Waals surface area (Å²) in [5, 5.41) is 10.7. The Balaban J connectivity index is 1.57. The molecule has 0 spiro atoms. The molecule has 0 aliphatic heterocycles. The maximum Gasteiger partial charge on any atom is 0.343 e. The first-order valence-corrected chi connectivity index (χ1v) is 10.5. The maximum absolute atomic E-state index is 12.3. The summed E-state index contributed by atoms with van der Waals surface area (Å²) in [5.74, 6) is 0.443. The van der Waals surface area contributed by atoms with Crippen molar-refractivity contribution in [3.8, 4) is 11.5 Å². The molecular weight excluding hydrogens is 418 g/mol. The van der Waals surface area contributed by atoms with Crippen LogP contribution in [0.5, 0.6) is 11.5 Å². The summed E-state index contributed by atoms with van der Waals surface area (Å²) in [6.45, 7) is 2.11. The van der Waals surface area contributed by atoms with Crippen LogP contribution < -0.4 is 9.47 Å². The van der Waals surface area contributed by atoms with Crippen LogP contribution in [-0.4, -0.2) is 22.6 Å². The number of nitro benzene ring substituents is 1. The monoisotopic (exact) mass is 437 g/mol. The summed E-state index contributed by atoms with van der Waals surface area (Å²) in [7, 11) is 0. The molecule has 3 aromatic carbocycles. The van der Waals surface area contributed by atoms with Gasteiger partial charge < -0.3 is 9.47 Å². The van der Waals surface area contributed by atoms with Crippen molar-refractivity contribution in [1.29, 1.82) is 0 Å². The van der Waals surface area contributed by atoms with Gasteiger partial charge in [-0.25, -0.2) is 9.59 Å². The van der Waals surface area contributed by atoms with Crippen molar-refractivity contribution in [2.75, 3.05) is 5.75 Å². The highest BCUT2D eigenvalue weighted by Gasteiger charge is 2.13. The molecule has 0 N–H and O–H groups in total. The predicted molar refractivity (Wildman–Crippen MR) is 117 cm³/mol. The quantitative estimate of drug-likeness (QED) is 0.150. The summed E-state index contributed by atoms with van der Waals surface area (Å²) < 4.78 is 10.6. The van der Waals surface area contributed by atoms with Gasteiger partial charge in [0.05, 0.1) is 16.1 Å². The highest BCUT2D eigenvalue weighted by atomic mass is 32.2. The molecule has 0 saturated heterocycles. The first-order valence-electron chi connectivity index (χ1n) is 9.48. The van der Waals surface area contributed by atoms with Gasteiger partial charge in [-0.2, -0.15) is 0 Å². The summed E-state index contributed by atoms with van der Waals surface area (Å²) in [5.41, 5.74) is 0.508. The number of benzene rings is 3. The lowest BCUT2D eigenvalue weighted by Crippen LogP contribution is -2.09. The molecule has 158 valence electrons. The molecule has 3 rings (SSSR count). The van der Waals surface area contributed by atoms with Crippen LogP contribution in [0.3, 0.4) is 0 Å². The predicted octanol–water partition coefficient (Wildman–Crippen LogP) is 5.54. The van der Waals surface area contributed by atoms with Crippen molar-refractivity contribution in [3.63, 3.8) is 0 Å². The van der Waals surface area contributed by atoms with Gasteiger partial charge in [0.1, 0.15) is 11.5 Å². The number of hydrogen-bond acceptors (Lipinski definition) is 7. The standard InChI is InChI=1S/C23H19NO6S/c1-2-15-31-21-13-5-17(6-14-21)23(26)30-20-11-9-19(10-12-20)29-22(25)16-3-7-18(8-4-16)24(27)28/h3-14H,2,15H2,1H3. The topological polar surface area (TPSA) is 95.7 Å². The number of non-ortho nitro benzene ring substituents is 1. The van der Waals surface area contributed by atoms with Crippen LogP contribution in [0.4, 0.5) is 5.69 Å². The van der Waals surface area contributed by atoms with E-state index in [-0.39, 0.29) is 17.0 Å². The fraction of sp³-hybridized carbons (Fsp3) is 0.130. The highest BCUT2D eigenvalue weighted by molar-refractivity contribution is 7.99. The molecule has 8 heteroatoms. The number of ether oxygens (including phenoxy) is 2. The number of nitrogens with zero attached hydrogens (tertiary/aromatic N) is 1. The minimum atomic E-state index is -0.652. The molecule has 7 nitrogen and oxygen atoms in total. The lowest BCUT2D eigenvalue weighted by molar-refractivity contribution is -0.384. The van der Waals surface area contributed by atoms with Gasteiger partial charge in [-0.15, -0.1) is 11.8 Å². The molecule has 0 aliphatic rings. The van der Waals surface area contributed by atoms with Gasteiger partial charge in [-0.1, -0.05) is 6.92 Å². The van der Waals surface area contributed by atoms with Crippen LogP contribution in [0.2, 0.25) is 0 Å². The van der Waals surface area contributed by atoms with Crippen LogP contribution in [-0.2, 0) is 0 Å². The van der Waals surface area contributed by atoms with Gasteiger partial charge in [0.2, 0.25) is 0 Å². The van der Waals surface area contributed by atoms with Gasteiger partial charge in [-0.3, -0.25) is 10.1 Å². The number of esters is 2. The molecule has 0 aromatic heterocycles. The van der Waals surface area contributed by atoms with Crippen molar-refractivity contribution in [1.82, 2.24) is 0 Å². The second-order valence-corrected chi connectivity index (χ2v) is 7.60. The number of rotatable bonds is 8. The molecule has 0 amide bonds.